The summed E-state index contributed by atoms with van der Waals surface area (Å²) in [7, 11) is 0. The van der Waals surface area contributed by atoms with Gasteiger partial charge in [-0.15, -0.1) is 0 Å². The Balaban J connectivity index is 1.53. The molecule has 0 aliphatic rings. The molecular weight excluding hydrogens is 378 g/mol. The molecule has 0 atom stereocenters. The van der Waals surface area contributed by atoms with Crippen LogP contribution in [0.3, 0.4) is 0 Å². The minimum Gasteiger partial charge on any atom is -0.441 e. The normalized spacial score (nSPS) is 10.8. The molecule has 0 aliphatic carbocycles. The smallest absolute Gasteiger partial charge is 0.387 e. The molecule has 3 rings (SSSR count). The Morgan fingerprint density at radius 1 is 1.19 bits per heavy atom. The van der Waals surface area contributed by atoms with E-state index < -0.39 is 6.61 Å². The lowest BCUT2D eigenvalue weighted by atomic mass is 10.2. The second-order valence-electron chi connectivity index (χ2n) is 5.55. The molecule has 27 heavy (non-hydrogen) atoms. The van der Waals surface area contributed by atoms with Crippen molar-refractivity contribution in [3.05, 3.63) is 65.6 Å². The molecule has 5 nitrogen and oxygen atoms in total. The average molecular weight is 393 g/mol. The summed E-state index contributed by atoms with van der Waals surface area (Å²) in [6.07, 6.45) is 2.02. The number of rotatable bonds is 7. The van der Waals surface area contributed by atoms with E-state index in [2.05, 4.69) is 15.0 Å². The third-order valence-electron chi connectivity index (χ3n) is 3.62. The van der Waals surface area contributed by atoms with Gasteiger partial charge in [-0.25, -0.2) is 4.98 Å². The number of nitrogens with zero attached hydrogens (tertiary/aromatic N) is 1. The maximum atomic E-state index is 12.1. The predicted molar refractivity (Wildman–Crippen MR) is 97.0 cm³/mol. The number of anilines is 1. The van der Waals surface area contributed by atoms with Crippen LogP contribution in [-0.2, 0) is 11.2 Å². The Bertz CT molecular complexity index is 913. The van der Waals surface area contributed by atoms with Gasteiger partial charge in [0, 0.05) is 24.1 Å². The summed E-state index contributed by atoms with van der Waals surface area (Å²) in [5, 5.41) is 3.22. The number of nitrogens with one attached hydrogen (secondary N) is 1. The zero-order valence-corrected chi connectivity index (χ0v) is 14.7. The number of ether oxygens (including phenoxy) is 1. The van der Waals surface area contributed by atoms with E-state index >= 15 is 0 Å². The molecule has 3 aromatic rings. The van der Waals surface area contributed by atoms with E-state index in [1.807, 2.05) is 18.2 Å². The first-order valence-corrected chi connectivity index (χ1v) is 8.43. The fourth-order valence-electron chi connectivity index (χ4n) is 2.38. The third-order valence-corrected chi connectivity index (χ3v) is 3.95. The number of amides is 1. The van der Waals surface area contributed by atoms with Crippen molar-refractivity contribution < 1.29 is 22.7 Å². The monoisotopic (exact) mass is 392 g/mol. The van der Waals surface area contributed by atoms with Gasteiger partial charge in [-0.2, -0.15) is 8.78 Å². The topological polar surface area (TPSA) is 64.4 Å². The van der Waals surface area contributed by atoms with Gasteiger partial charge in [-0.3, -0.25) is 4.79 Å². The van der Waals surface area contributed by atoms with Crippen LogP contribution in [0.4, 0.5) is 14.5 Å². The van der Waals surface area contributed by atoms with Gasteiger partial charge >= 0.3 is 6.61 Å². The van der Waals surface area contributed by atoms with Crippen LogP contribution >= 0.6 is 11.6 Å². The van der Waals surface area contributed by atoms with E-state index in [0.29, 0.717) is 28.8 Å². The molecular formula is C19H15ClF2N2O3. The van der Waals surface area contributed by atoms with Crippen LogP contribution in [0, 0.1) is 0 Å². The van der Waals surface area contributed by atoms with Crippen molar-refractivity contribution in [2.45, 2.75) is 19.5 Å². The Labute approximate surface area is 158 Å². The second-order valence-corrected chi connectivity index (χ2v) is 5.96. The summed E-state index contributed by atoms with van der Waals surface area (Å²) in [6, 6.07) is 12.9. The highest BCUT2D eigenvalue weighted by molar-refractivity contribution is 6.33. The van der Waals surface area contributed by atoms with E-state index in [-0.39, 0.29) is 18.1 Å². The fraction of sp³-hybridized carbons (Fsp3) is 0.158. The summed E-state index contributed by atoms with van der Waals surface area (Å²) in [5.41, 5.74) is 1.21. The number of halogens is 3. The number of benzene rings is 2. The second kappa shape index (κ2) is 8.64. The number of carbonyl (C=O) groups is 1. The van der Waals surface area contributed by atoms with Gasteiger partial charge in [-0.1, -0.05) is 23.7 Å². The molecule has 2 aromatic carbocycles. The standard InChI is InChI=1S/C19H15ClF2N2O3/c20-15-4-2-1-3-14(15)16-11-23-18(27-16)10-9-17(25)24-12-5-7-13(8-6-12)26-19(21)22/h1-8,11,19H,9-10H2,(H,24,25). The highest BCUT2D eigenvalue weighted by Crippen LogP contribution is 2.28. The van der Waals surface area contributed by atoms with Gasteiger partial charge in [0.2, 0.25) is 5.91 Å². The molecule has 0 fully saturated rings. The summed E-state index contributed by atoms with van der Waals surface area (Å²) in [5.74, 6) is 0.719. The molecule has 0 saturated carbocycles. The Hall–Kier alpha value is -2.93. The van der Waals surface area contributed by atoms with Crippen molar-refractivity contribution in [2.75, 3.05) is 5.32 Å². The average Bonchev–Trinajstić information content (AvgIpc) is 3.10. The van der Waals surface area contributed by atoms with Crippen LogP contribution in [-0.4, -0.2) is 17.5 Å². The van der Waals surface area contributed by atoms with Crippen LogP contribution < -0.4 is 10.1 Å². The Morgan fingerprint density at radius 3 is 2.63 bits per heavy atom. The maximum Gasteiger partial charge on any atom is 0.387 e. The lowest BCUT2D eigenvalue weighted by molar-refractivity contribution is -0.116. The minimum absolute atomic E-state index is 0.0230. The summed E-state index contributed by atoms with van der Waals surface area (Å²) in [4.78, 5) is 16.2. The SMILES string of the molecule is O=C(CCc1ncc(-c2ccccc2Cl)o1)Nc1ccc(OC(F)F)cc1. The van der Waals surface area contributed by atoms with Crippen molar-refractivity contribution in [1.82, 2.24) is 4.98 Å². The van der Waals surface area contributed by atoms with Crippen LogP contribution in [0.1, 0.15) is 12.3 Å². The quantitative estimate of drug-likeness (QED) is 0.602. The van der Waals surface area contributed by atoms with Gasteiger partial charge in [0.25, 0.3) is 0 Å². The Kier molecular flexibility index (Phi) is 6.03. The van der Waals surface area contributed by atoms with Crippen molar-refractivity contribution in [3.8, 4) is 17.1 Å². The molecule has 1 aromatic heterocycles. The molecule has 1 amide bonds. The maximum absolute atomic E-state index is 12.1. The first-order valence-electron chi connectivity index (χ1n) is 8.05. The van der Waals surface area contributed by atoms with Gasteiger partial charge in [0.15, 0.2) is 11.7 Å². The van der Waals surface area contributed by atoms with E-state index in [1.165, 1.54) is 24.3 Å². The Morgan fingerprint density at radius 2 is 1.93 bits per heavy atom. The summed E-state index contributed by atoms with van der Waals surface area (Å²) >= 11 is 6.12. The molecule has 0 unspecified atom stereocenters. The molecule has 0 spiro atoms. The molecule has 140 valence electrons. The molecule has 0 saturated heterocycles. The van der Waals surface area contributed by atoms with E-state index in [0.717, 1.165) is 5.56 Å². The van der Waals surface area contributed by atoms with Crippen LogP contribution in [0.5, 0.6) is 5.75 Å². The molecule has 0 bridgehead atoms. The molecule has 1 heterocycles. The molecule has 0 aliphatic heterocycles. The first kappa shape index (κ1) is 18.8. The van der Waals surface area contributed by atoms with Crippen molar-refractivity contribution >= 4 is 23.2 Å². The third kappa shape index (κ3) is 5.27. The number of hydrogen-bond acceptors (Lipinski definition) is 4. The number of alkyl halides is 2. The molecule has 8 heteroatoms. The zero-order valence-electron chi connectivity index (χ0n) is 14.0. The van der Waals surface area contributed by atoms with Crippen molar-refractivity contribution in [1.29, 1.82) is 0 Å². The fourth-order valence-corrected chi connectivity index (χ4v) is 2.60. The predicted octanol–water partition coefficient (Wildman–Crippen LogP) is 5.17. The largest absolute Gasteiger partial charge is 0.441 e. The van der Waals surface area contributed by atoms with Gasteiger partial charge in [0.05, 0.1) is 11.2 Å². The number of carbonyl (C=O) groups excluding carboxylic acids is 1. The van der Waals surface area contributed by atoms with Crippen molar-refractivity contribution in [3.63, 3.8) is 0 Å². The van der Waals surface area contributed by atoms with Crippen molar-refractivity contribution in [2.24, 2.45) is 0 Å². The first-order chi connectivity index (χ1) is 13.0. The lowest BCUT2D eigenvalue weighted by Crippen LogP contribution is -2.12. The summed E-state index contributed by atoms with van der Waals surface area (Å²) < 4.78 is 34.1. The van der Waals surface area contributed by atoms with E-state index in [9.17, 15) is 13.6 Å². The molecule has 1 N–H and O–H groups in total. The van der Waals surface area contributed by atoms with E-state index in [4.69, 9.17) is 16.0 Å². The minimum atomic E-state index is -2.89. The van der Waals surface area contributed by atoms with Crippen LogP contribution in [0.2, 0.25) is 5.02 Å². The number of aromatic nitrogens is 1. The number of oxazole rings is 1. The molecule has 0 radical (unpaired) electrons. The van der Waals surface area contributed by atoms with Gasteiger partial charge in [0.1, 0.15) is 5.75 Å². The van der Waals surface area contributed by atoms with Gasteiger partial charge in [-0.05, 0) is 36.4 Å². The van der Waals surface area contributed by atoms with Crippen LogP contribution in [0.25, 0.3) is 11.3 Å². The highest BCUT2D eigenvalue weighted by Gasteiger charge is 2.11. The zero-order chi connectivity index (χ0) is 19.2. The van der Waals surface area contributed by atoms with Crippen LogP contribution in [0.15, 0.2) is 59.1 Å². The van der Waals surface area contributed by atoms with Gasteiger partial charge < -0.3 is 14.5 Å². The number of aryl methyl sites for hydroxylation is 1. The highest BCUT2D eigenvalue weighted by atomic mass is 35.5. The lowest BCUT2D eigenvalue weighted by Gasteiger charge is -2.07. The summed E-state index contributed by atoms with van der Waals surface area (Å²) in [6.45, 7) is -2.89. The van der Waals surface area contributed by atoms with E-state index in [1.54, 1.807) is 12.3 Å². The number of hydrogen-bond donors (Lipinski definition) is 1.